The molecule has 1 saturated heterocycles. The molecule has 2 heterocycles. The van der Waals surface area contributed by atoms with E-state index in [9.17, 15) is 9.59 Å². The number of ether oxygens (including phenoxy) is 3. The van der Waals surface area contributed by atoms with Crippen molar-refractivity contribution in [3.63, 3.8) is 0 Å². The average Bonchev–Trinajstić information content (AvgIpc) is 2.97. The zero-order valence-electron chi connectivity index (χ0n) is 19.5. The van der Waals surface area contributed by atoms with Gasteiger partial charge in [-0.2, -0.15) is 9.90 Å². The molecule has 1 aromatic carbocycles. The van der Waals surface area contributed by atoms with Crippen LogP contribution in [0.4, 0.5) is 4.79 Å². The zero-order chi connectivity index (χ0) is 23.3. The van der Waals surface area contributed by atoms with Gasteiger partial charge in [0, 0.05) is 32.5 Å². The predicted molar refractivity (Wildman–Crippen MR) is 115 cm³/mol. The van der Waals surface area contributed by atoms with E-state index in [1.807, 2.05) is 44.0 Å². The number of carbonyl (C=O) groups is 2. The number of quaternary nitrogens is 1. The van der Waals surface area contributed by atoms with Crippen LogP contribution < -0.4 is 5.06 Å². The van der Waals surface area contributed by atoms with E-state index in [-0.39, 0.29) is 30.1 Å². The third-order valence-corrected chi connectivity index (χ3v) is 5.95. The maximum atomic E-state index is 13.8. The maximum Gasteiger partial charge on any atom is 0.513 e. The highest BCUT2D eigenvalue weighted by Gasteiger charge is 2.62. The Kier molecular flexibility index (Phi) is 8.02. The van der Waals surface area contributed by atoms with Crippen molar-refractivity contribution in [1.29, 1.82) is 0 Å². The first-order valence-corrected chi connectivity index (χ1v) is 11.0. The van der Waals surface area contributed by atoms with E-state index >= 15 is 0 Å². The lowest BCUT2D eigenvalue weighted by molar-refractivity contribution is -1.06. The van der Waals surface area contributed by atoms with Crippen LogP contribution in [-0.2, 0) is 28.7 Å². The molecule has 176 valence electrons. The summed E-state index contributed by atoms with van der Waals surface area (Å²) < 4.78 is 16.2. The van der Waals surface area contributed by atoms with E-state index in [1.54, 1.807) is 14.0 Å². The number of aryl methyl sites for hydroxylation is 2. The Morgan fingerprint density at radius 1 is 1.16 bits per heavy atom. The molecule has 0 radical (unpaired) electrons. The van der Waals surface area contributed by atoms with Crippen LogP contribution in [0.1, 0.15) is 43.4 Å². The van der Waals surface area contributed by atoms with Crippen LogP contribution in [0, 0.1) is 13.8 Å². The van der Waals surface area contributed by atoms with Gasteiger partial charge in [-0.25, -0.2) is 9.59 Å². The monoisotopic (exact) mass is 449 g/mol. The minimum Gasteiger partial charge on any atom is -0.434 e. The Labute approximate surface area is 188 Å². The number of piperidine rings is 1. The largest absolute Gasteiger partial charge is 0.513 e. The molecule has 2 aliphatic rings. The second-order valence-electron chi connectivity index (χ2n) is 7.91. The van der Waals surface area contributed by atoms with Crippen molar-refractivity contribution in [2.45, 2.75) is 46.1 Å². The summed E-state index contributed by atoms with van der Waals surface area (Å²) in [5.41, 5.74) is 2.14. The lowest BCUT2D eigenvalue weighted by Gasteiger charge is -2.39. The van der Waals surface area contributed by atoms with E-state index in [4.69, 9.17) is 23.9 Å². The number of amides is 1. The van der Waals surface area contributed by atoms with Crippen molar-refractivity contribution < 1.29 is 38.5 Å². The fourth-order valence-electron chi connectivity index (χ4n) is 4.39. The van der Waals surface area contributed by atoms with Gasteiger partial charge in [-0.1, -0.05) is 23.8 Å². The normalized spacial score (nSPS) is 20.8. The van der Waals surface area contributed by atoms with Gasteiger partial charge < -0.3 is 19.0 Å². The van der Waals surface area contributed by atoms with Crippen LogP contribution in [0.5, 0.6) is 0 Å². The van der Waals surface area contributed by atoms with Crippen LogP contribution >= 0.6 is 0 Å². The molecule has 1 N–H and O–H groups in total. The highest BCUT2D eigenvalue weighted by Crippen LogP contribution is 2.39. The van der Waals surface area contributed by atoms with E-state index in [2.05, 4.69) is 0 Å². The van der Waals surface area contributed by atoms with E-state index in [0.717, 1.165) is 11.1 Å². The van der Waals surface area contributed by atoms with Gasteiger partial charge in [0.25, 0.3) is 0 Å². The standard InChI is InChI=1S/C23H32N2O7/c1-6-29-15-31-25-21(26)19(18-9-8-16(3)14-17(18)4)20(32-22(27)30-7-2)23(25)10-12-24(28-5)13-11-23/h8-9,14H,6-7,10-13,15H2,1-5H3/p+1. The number of hydroxylamine groups is 4. The summed E-state index contributed by atoms with van der Waals surface area (Å²) in [5.74, 6) is -0.00280. The van der Waals surface area contributed by atoms with Crippen LogP contribution in [0.2, 0.25) is 0 Å². The lowest BCUT2D eigenvalue weighted by Crippen LogP contribution is -3.20. The quantitative estimate of drug-likeness (QED) is 0.366. The van der Waals surface area contributed by atoms with Crippen molar-refractivity contribution in [2.24, 2.45) is 0 Å². The Hall–Kier alpha value is -2.30. The molecule has 1 atom stereocenters. The Morgan fingerprint density at radius 2 is 1.88 bits per heavy atom. The average molecular weight is 450 g/mol. The number of rotatable bonds is 8. The molecule has 1 aromatic rings. The molecule has 1 fully saturated rings. The highest BCUT2D eigenvalue weighted by molar-refractivity contribution is 6.18. The van der Waals surface area contributed by atoms with Gasteiger partial charge in [-0.3, -0.25) is 0 Å². The molecule has 1 unspecified atom stereocenters. The summed E-state index contributed by atoms with van der Waals surface area (Å²) in [6.45, 7) is 9.13. The Bertz CT molecular complexity index is 875. The van der Waals surface area contributed by atoms with Gasteiger partial charge in [0.2, 0.25) is 6.79 Å². The van der Waals surface area contributed by atoms with Crippen molar-refractivity contribution in [1.82, 2.24) is 5.06 Å². The van der Waals surface area contributed by atoms with Crippen molar-refractivity contribution in [3.8, 4) is 0 Å². The SMILES string of the molecule is CCOCO[NH+]1C(=O)C(c2ccc(C)cc2C)=C(OC(=O)OCC)C12CCN(OC)CC2. The smallest absolute Gasteiger partial charge is 0.434 e. The molecular formula is C23H33N2O7+. The highest BCUT2D eigenvalue weighted by atomic mass is 16.8. The van der Waals surface area contributed by atoms with Gasteiger partial charge in [0.05, 0.1) is 13.7 Å². The van der Waals surface area contributed by atoms with Crippen molar-refractivity contribution in [2.75, 3.05) is 40.2 Å². The molecule has 9 nitrogen and oxygen atoms in total. The minimum absolute atomic E-state index is 0.0554. The van der Waals surface area contributed by atoms with Gasteiger partial charge >= 0.3 is 12.1 Å². The molecule has 0 saturated carbocycles. The first-order valence-electron chi connectivity index (χ1n) is 11.0. The first kappa shape index (κ1) is 24.3. The number of carbonyl (C=O) groups excluding carboxylic acids is 2. The molecule has 0 bridgehead atoms. The fraction of sp³-hybridized carbons (Fsp3) is 0.565. The van der Waals surface area contributed by atoms with Crippen LogP contribution in [0.25, 0.3) is 5.57 Å². The summed E-state index contributed by atoms with van der Waals surface area (Å²) in [7, 11) is 1.61. The molecule has 1 amide bonds. The van der Waals surface area contributed by atoms with Gasteiger partial charge in [0.15, 0.2) is 11.3 Å². The first-order chi connectivity index (χ1) is 15.4. The van der Waals surface area contributed by atoms with Gasteiger partial charge in [0.1, 0.15) is 5.57 Å². The second kappa shape index (κ2) is 10.5. The molecule has 9 heteroatoms. The van der Waals surface area contributed by atoms with E-state index in [0.29, 0.717) is 43.7 Å². The van der Waals surface area contributed by atoms with Gasteiger partial charge in [-0.15, -0.1) is 5.06 Å². The third kappa shape index (κ3) is 4.72. The minimum atomic E-state index is -0.900. The van der Waals surface area contributed by atoms with Crippen LogP contribution in [0.3, 0.4) is 0 Å². The number of nitrogens with zero attached hydrogens (tertiary/aromatic N) is 1. The summed E-state index contributed by atoms with van der Waals surface area (Å²) in [4.78, 5) is 37.5. The van der Waals surface area contributed by atoms with E-state index in [1.165, 1.54) is 0 Å². The van der Waals surface area contributed by atoms with Gasteiger partial charge in [-0.05, 0) is 38.8 Å². The second-order valence-corrected chi connectivity index (χ2v) is 7.91. The number of nitrogens with one attached hydrogen (secondary N) is 1. The zero-order valence-corrected chi connectivity index (χ0v) is 19.5. The number of hydrogen-bond acceptors (Lipinski definition) is 8. The number of benzene rings is 1. The summed E-state index contributed by atoms with van der Waals surface area (Å²) in [6, 6.07) is 5.82. The molecule has 32 heavy (non-hydrogen) atoms. The topological polar surface area (TPSA) is 88.0 Å². The molecule has 2 aliphatic heterocycles. The Balaban J connectivity index is 2.13. The summed E-state index contributed by atoms with van der Waals surface area (Å²) in [5, 5.41) is 2.06. The maximum absolute atomic E-state index is 13.8. The Morgan fingerprint density at radius 3 is 2.47 bits per heavy atom. The molecule has 3 rings (SSSR count). The molecular weight excluding hydrogens is 416 g/mol. The number of hydrogen-bond donors (Lipinski definition) is 1. The van der Waals surface area contributed by atoms with Crippen molar-refractivity contribution >= 4 is 17.6 Å². The lowest BCUT2D eigenvalue weighted by atomic mass is 9.85. The van der Waals surface area contributed by atoms with Crippen molar-refractivity contribution in [3.05, 3.63) is 40.6 Å². The van der Waals surface area contributed by atoms with E-state index < -0.39 is 11.7 Å². The predicted octanol–water partition coefficient (Wildman–Crippen LogP) is 1.93. The van der Waals surface area contributed by atoms with Crippen LogP contribution in [-0.4, -0.2) is 62.9 Å². The fourth-order valence-corrected chi connectivity index (χ4v) is 4.39. The van der Waals surface area contributed by atoms with Crippen LogP contribution in [0.15, 0.2) is 24.0 Å². The molecule has 0 aromatic heterocycles. The summed E-state index contributed by atoms with van der Waals surface area (Å²) in [6.07, 6.45) is 0.131. The molecule has 1 spiro atoms. The third-order valence-electron chi connectivity index (χ3n) is 5.95. The summed E-state index contributed by atoms with van der Waals surface area (Å²) >= 11 is 0. The molecule has 0 aliphatic carbocycles.